The van der Waals surface area contributed by atoms with E-state index >= 15 is 0 Å². The molecular formula is C28H35F3N2O2. The van der Waals surface area contributed by atoms with E-state index in [1.807, 2.05) is 31.2 Å². The van der Waals surface area contributed by atoms with Gasteiger partial charge in [0.15, 0.2) is 0 Å². The SMILES string of the molecule is C/N=C(\c1cccc(C(F)(F)F)c1)N(CC(=O)O[C@@H]1C[C@H](C)CC[C@H]1C(C)C)c1ccccc1C. The van der Waals surface area contributed by atoms with Crippen LogP contribution in [0, 0.1) is 24.7 Å². The molecule has 0 saturated heterocycles. The Bertz CT molecular complexity index is 1050. The van der Waals surface area contributed by atoms with E-state index in [0.29, 0.717) is 23.4 Å². The average Bonchev–Trinajstić information content (AvgIpc) is 2.79. The average molecular weight is 489 g/mol. The number of alkyl halides is 3. The Morgan fingerprint density at radius 3 is 2.49 bits per heavy atom. The highest BCUT2D eigenvalue weighted by molar-refractivity contribution is 6.12. The lowest BCUT2D eigenvalue weighted by atomic mass is 9.75. The molecule has 0 spiro atoms. The maximum Gasteiger partial charge on any atom is 0.416 e. The molecule has 0 radical (unpaired) electrons. The lowest BCUT2D eigenvalue weighted by molar-refractivity contribution is -0.154. The first-order chi connectivity index (χ1) is 16.5. The normalized spacial score (nSPS) is 21.2. The number of anilines is 1. The molecule has 0 aliphatic heterocycles. The number of esters is 1. The second-order valence-electron chi connectivity index (χ2n) is 9.85. The van der Waals surface area contributed by atoms with Crippen molar-refractivity contribution >= 4 is 17.5 Å². The van der Waals surface area contributed by atoms with E-state index in [4.69, 9.17) is 4.74 Å². The van der Waals surface area contributed by atoms with Crippen molar-refractivity contribution in [2.45, 2.75) is 59.2 Å². The first-order valence-electron chi connectivity index (χ1n) is 12.2. The molecule has 0 N–H and O–H groups in total. The molecule has 0 aromatic heterocycles. The van der Waals surface area contributed by atoms with Crippen LogP contribution in [0.5, 0.6) is 0 Å². The topological polar surface area (TPSA) is 41.9 Å². The predicted molar refractivity (Wildman–Crippen MR) is 134 cm³/mol. The Balaban J connectivity index is 1.94. The minimum atomic E-state index is -4.48. The van der Waals surface area contributed by atoms with E-state index < -0.39 is 17.7 Å². The molecule has 1 aliphatic carbocycles. The van der Waals surface area contributed by atoms with Crippen LogP contribution in [-0.4, -0.2) is 31.5 Å². The highest BCUT2D eigenvalue weighted by Gasteiger charge is 2.35. The number of hydrogen-bond donors (Lipinski definition) is 0. The number of hydrogen-bond acceptors (Lipinski definition) is 3. The zero-order chi connectivity index (χ0) is 25.8. The number of ether oxygens (including phenoxy) is 1. The number of nitrogens with zero attached hydrogens (tertiary/aromatic N) is 2. The number of para-hydroxylation sites is 1. The van der Waals surface area contributed by atoms with Crippen molar-refractivity contribution < 1.29 is 22.7 Å². The van der Waals surface area contributed by atoms with Gasteiger partial charge in [0.1, 0.15) is 18.5 Å². The van der Waals surface area contributed by atoms with Gasteiger partial charge >= 0.3 is 12.1 Å². The Morgan fingerprint density at radius 2 is 1.86 bits per heavy atom. The van der Waals surface area contributed by atoms with Gasteiger partial charge in [-0.2, -0.15) is 13.2 Å². The number of benzene rings is 2. The van der Waals surface area contributed by atoms with Gasteiger partial charge in [0.05, 0.1) is 5.56 Å². The zero-order valence-corrected chi connectivity index (χ0v) is 21.1. The molecule has 4 nitrogen and oxygen atoms in total. The number of carbonyl (C=O) groups is 1. The van der Waals surface area contributed by atoms with Crippen LogP contribution >= 0.6 is 0 Å². The molecule has 35 heavy (non-hydrogen) atoms. The van der Waals surface area contributed by atoms with Gasteiger partial charge in [-0.15, -0.1) is 0 Å². The van der Waals surface area contributed by atoms with Crippen LogP contribution in [0.4, 0.5) is 18.9 Å². The number of rotatable bonds is 6. The monoisotopic (exact) mass is 488 g/mol. The minimum Gasteiger partial charge on any atom is -0.461 e. The van der Waals surface area contributed by atoms with E-state index in [2.05, 4.69) is 25.8 Å². The molecule has 1 aliphatic rings. The first-order valence-corrected chi connectivity index (χ1v) is 12.2. The fourth-order valence-corrected chi connectivity index (χ4v) is 4.97. The number of halogens is 3. The first kappa shape index (κ1) is 26.8. The Morgan fingerprint density at radius 1 is 1.14 bits per heavy atom. The molecule has 3 atom stereocenters. The second-order valence-corrected chi connectivity index (χ2v) is 9.85. The lowest BCUT2D eigenvalue weighted by Gasteiger charge is -2.37. The summed E-state index contributed by atoms with van der Waals surface area (Å²) in [7, 11) is 1.52. The van der Waals surface area contributed by atoms with Gasteiger partial charge in [-0.25, -0.2) is 0 Å². The molecule has 2 aromatic carbocycles. The number of carbonyl (C=O) groups excluding carboxylic acids is 1. The zero-order valence-electron chi connectivity index (χ0n) is 21.1. The van der Waals surface area contributed by atoms with E-state index in [1.54, 1.807) is 11.0 Å². The fourth-order valence-electron chi connectivity index (χ4n) is 4.97. The fraction of sp³-hybridized carbons (Fsp3) is 0.500. The Kier molecular flexibility index (Phi) is 8.62. The molecule has 1 fully saturated rings. The van der Waals surface area contributed by atoms with E-state index in [1.165, 1.54) is 13.1 Å². The molecule has 7 heteroatoms. The van der Waals surface area contributed by atoms with Crippen molar-refractivity contribution in [3.05, 3.63) is 65.2 Å². The summed E-state index contributed by atoms with van der Waals surface area (Å²) < 4.78 is 46.2. The van der Waals surface area contributed by atoms with E-state index in [9.17, 15) is 18.0 Å². The van der Waals surface area contributed by atoms with Crippen LogP contribution in [0.15, 0.2) is 53.5 Å². The molecule has 0 amide bonds. The smallest absolute Gasteiger partial charge is 0.416 e. The molecule has 3 rings (SSSR count). The number of aryl methyl sites for hydroxylation is 1. The third-order valence-corrected chi connectivity index (χ3v) is 6.85. The maximum atomic E-state index is 13.4. The third-order valence-electron chi connectivity index (χ3n) is 6.85. The van der Waals surface area contributed by atoms with Gasteiger partial charge in [0.2, 0.25) is 0 Å². The molecule has 0 heterocycles. The number of amidine groups is 1. The summed E-state index contributed by atoms with van der Waals surface area (Å²) in [6.07, 6.45) is -1.69. The molecule has 0 unspecified atom stereocenters. The second kappa shape index (κ2) is 11.3. The predicted octanol–water partition coefficient (Wildman–Crippen LogP) is 6.90. The summed E-state index contributed by atoms with van der Waals surface area (Å²) in [4.78, 5) is 19.2. The highest BCUT2D eigenvalue weighted by Crippen LogP contribution is 2.36. The molecule has 2 aromatic rings. The number of aliphatic imine (C=N–C) groups is 1. The van der Waals surface area contributed by atoms with Crippen molar-refractivity contribution in [3.8, 4) is 0 Å². The Labute approximate surface area is 206 Å². The van der Waals surface area contributed by atoms with Gasteiger partial charge in [-0.05, 0) is 61.3 Å². The molecule has 190 valence electrons. The summed E-state index contributed by atoms with van der Waals surface area (Å²) in [6, 6.07) is 12.5. The van der Waals surface area contributed by atoms with Crippen molar-refractivity contribution in [1.82, 2.24) is 0 Å². The summed E-state index contributed by atoms with van der Waals surface area (Å²) in [5.74, 6) is 1.04. The summed E-state index contributed by atoms with van der Waals surface area (Å²) in [5.41, 5.74) is 1.09. The summed E-state index contributed by atoms with van der Waals surface area (Å²) in [6.45, 7) is 8.22. The van der Waals surface area contributed by atoms with Crippen molar-refractivity contribution in [3.63, 3.8) is 0 Å². The standard InChI is InChI=1S/C28H35F3N2O2/c1-18(2)23-14-13-19(3)15-25(23)35-26(34)17-33(24-12-7-6-9-20(24)4)27(32-5)21-10-8-11-22(16-21)28(29,30)31/h6-12,16,18-19,23,25H,13-15,17H2,1-5H3/b32-27+/t19-,23+,25-/m1/s1. The third kappa shape index (κ3) is 6.65. The largest absolute Gasteiger partial charge is 0.461 e. The van der Waals surface area contributed by atoms with Crippen molar-refractivity contribution in [2.75, 3.05) is 18.5 Å². The Hall–Kier alpha value is -2.83. The van der Waals surface area contributed by atoms with Gasteiger partial charge in [-0.3, -0.25) is 9.79 Å². The van der Waals surface area contributed by atoms with Crippen LogP contribution in [0.3, 0.4) is 0 Å². The van der Waals surface area contributed by atoms with Crippen LogP contribution < -0.4 is 4.90 Å². The molecule has 0 bridgehead atoms. The minimum absolute atomic E-state index is 0.149. The van der Waals surface area contributed by atoms with Gasteiger partial charge in [0.25, 0.3) is 0 Å². The van der Waals surface area contributed by atoms with E-state index in [-0.39, 0.29) is 24.0 Å². The van der Waals surface area contributed by atoms with Gasteiger partial charge in [0, 0.05) is 18.3 Å². The van der Waals surface area contributed by atoms with Gasteiger partial charge < -0.3 is 9.64 Å². The van der Waals surface area contributed by atoms with Crippen LogP contribution in [-0.2, 0) is 15.7 Å². The van der Waals surface area contributed by atoms with Crippen molar-refractivity contribution in [2.24, 2.45) is 22.7 Å². The highest BCUT2D eigenvalue weighted by atomic mass is 19.4. The van der Waals surface area contributed by atoms with Crippen LogP contribution in [0.2, 0.25) is 0 Å². The summed E-state index contributed by atoms with van der Waals surface area (Å²) in [5, 5.41) is 0. The molecular weight excluding hydrogens is 453 g/mol. The van der Waals surface area contributed by atoms with Gasteiger partial charge in [-0.1, -0.05) is 57.5 Å². The summed E-state index contributed by atoms with van der Waals surface area (Å²) >= 11 is 0. The van der Waals surface area contributed by atoms with Crippen LogP contribution in [0.25, 0.3) is 0 Å². The lowest BCUT2D eigenvalue weighted by Crippen LogP contribution is -2.41. The molecule has 1 saturated carbocycles. The van der Waals surface area contributed by atoms with Crippen LogP contribution in [0.1, 0.15) is 56.7 Å². The maximum absolute atomic E-state index is 13.4. The quantitative estimate of drug-likeness (QED) is 0.252. The van der Waals surface area contributed by atoms with Crippen molar-refractivity contribution in [1.29, 1.82) is 0 Å². The van der Waals surface area contributed by atoms with E-state index in [0.717, 1.165) is 37.0 Å².